The van der Waals surface area contributed by atoms with Crippen LogP contribution >= 0.6 is 27.3 Å². The minimum atomic E-state index is 0.877. The summed E-state index contributed by atoms with van der Waals surface area (Å²) in [6.45, 7) is 0. The van der Waals surface area contributed by atoms with Gasteiger partial charge in [0, 0.05) is 4.47 Å². The van der Waals surface area contributed by atoms with Crippen molar-refractivity contribution >= 4 is 37.5 Å². The van der Waals surface area contributed by atoms with Crippen LogP contribution in [0.5, 0.6) is 5.75 Å². The van der Waals surface area contributed by atoms with Crippen LogP contribution in [0, 0.1) is 0 Å². The number of methoxy groups -OCH3 is 1. The highest BCUT2D eigenvalue weighted by Crippen LogP contribution is 2.31. The van der Waals surface area contributed by atoms with Crippen molar-refractivity contribution in [1.29, 1.82) is 0 Å². The van der Waals surface area contributed by atoms with Gasteiger partial charge >= 0.3 is 0 Å². The van der Waals surface area contributed by atoms with Crippen LogP contribution in [0.2, 0.25) is 0 Å². The molecule has 62 valence electrons. The van der Waals surface area contributed by atoms with Crippen molar-refractivity contribution in [3.8, 4) is 5.75 Å². The fraction of sp³-hybridized carbons (Fsp3) is 0.125. The topological polar surface area (TPSA) is 22.1 Å². The molecular weight excluding hydrogens is 238 g/mol. The summed E-state index contributed by atoms with van der Waals surface area (Å²) in [5, 5.41) is 0. The van der Waals surface area contributed by atoms with Crippen molar-refractivity contribution in [2.45, 2.75) is 0 Å². The van der Waals surface area contributed by atoms with Gasteiger partial charge in [-0.1, -0.05) is 15.9 Å². The van der Waals surface area contributed by atoms with Crippen molar-refractivity contribution in [3.63, 3.8) is 0 Å². The van der Waals surface area contributed by atoms with Crippen molar-refractivity contribution < 1.29 is 4.74 Å². The van der Waals surface area contributed by atoms with Crippen LogP contribution in [0.4, 0.5) is 0 Å². The van der Waals surface area contributed by atoms with Crippen LogP contribution in [0.25, 0.3) is 10.2 Å². The van der Waals surface area contributed by atoms with Gasteiger partial charge in [0.25, 0.3) is 0 Å². The molecule has 0 radical (unpaired) electrons. The van der Waals surface area contributed by atoms with Crippen molar-refractivity contribution in [1.82, 2.24) is 4.98 Å². The molecular formula is C8H6BrNOS. The van der Waals surface area contributed by atoms with Gasteiger partial charge < -0.3 is 4.74 Å². The zero-order valence-corrected chi connectivity index (χ0v) is 8.78. The van der Waals surface area contributed by atoms with E-state index in [0.717, 1.165) is 20.4 Å². The summed E-state index contributed by atoms with van der Waals surface area (Å²) in [5.74, 6) is 0.877. The average molecular weight is 244 g/mol. The molecule has 2 aromatic rings. The van der Waals surface area contributed by atoms with E-state index in [1.807, 2.05) is 17.6 Å². The largest absolute Gasteiger partial charge is 0.495 e. The van der Waals surface area contributed by atoms with Gasteiger partial charge in [-0.05, 0) is 12.1 Å². The Morgan fingerprint density at radius 2 is 2.33 bits per heavy atom. The van der Waals surface area contributed by atoms with E-state index in [2.05, 4.69) is 20.9 Å². The van der Waals surface area contributed by atoms with E-state index >= 15 is 0 Å². The predicted molar refractivity (Wildman–Crippen MR) is 53.9 cm³/mol. The summed E-state index contributed by atoms with van der Waals surface area (Å²) in [6, 6.07) is 3.93. The highest BCUT2D eigenvalue weighted by Gasteiger charge is 2.04. The summed E-state index contributed by atoms with van der Waals surface area (Å²) >= 11 is 4.98. The van der Waals surface area contributed by atoms with Gasteiger partial charge in [-0.25, -0.2) is 4.98 Å². The van der Waals surface area contributed by atoms with Crippen LogP contribution in [0.3, 0.4) is 0 Å². The fourth-order valence-electron chi connectivity index (χ4n) is 1.06. The first-order chi connectivity index (χ1) is 5.81. The lowest BCUT2D eigenvalue weighted by Crippen LogP contribution is -1.82. The molecule has 0 saturated carbocycles. The number of ether oxygens (including phenoxy) is 1. The first-order valence-corrected chi connectivity index (χ1v) is 5.05. The first kappa shape index (κ1) is 8.01. The molecule has 1 heterocycles. The molecule has 0 aliphatic rings. The lowest BCUT2D eigenvalue weighted by molar-refractivity contribution is 0.420. The normalized spacial score (nSPS) is 10.5. The van der Waals surface area contributed by atoms with E-state index in [-0.39, 0.29) is 0 Å². The molecule has 0 aliphatic carbocycles. The van der Waals surface area contributed by atoms with Gasteiger partial charge in [0.2, 0.25) is 0 Å². The second kappa shape index (κ2) is 3.03. The molecule has 0 saturated heterocycles. The summed E-state index contributed by atoms with van der Waals surface area (Å²) in [4.78, 5) is 4.20. The number of rotatable bonds is 1. The van der Waals surface area contributed by atoms with Crippen molar-refractivity contribution in [3.05, 3.63) is 22.1 Å². The molecule has 0 bridgehead atoms. The SMILES string of the molecule is COc1cc(Br)cc2ncsc12. The Bertz CT molecular complexity index is 412. The molecule has 4 heteroatoms. The number of fused-ring (bicyclic) bond motifs is 1. The number of hydrogen-bond acceptors (Lipinski definition) is 3. The van der Waals surface area contributed by atoms with Crippen LogP contribution in [0.15, 0.2) is 22.1 Å². The van der Waals surface area contributed by atoms with Crippen molar-refractivity contribution in [2.75, 3.05) is 7.11 Å². The Morgan fingerprint density at radius 1 is 1.50 bits per heavy atom. The van der Waals surface area contributed by atoms with E-state index in [1.165, 1.54) is 0 Å². The Kier molecular flexibility index (Phi) is 2.02. The Labute approximate surface area is 82.3 Å². The van der Waals surface area contributed by atoms with Crippen LogP contribution in [-0.2, 0) is 0 Å². The van der Waals surface area contributed by atoms with Gasteiger partial charge in [-0.2, -0.15) is 0 Å². The van der Waals surface area contributed by atoms with E-state index in [9.17, 15) is 0 Å². The second-order valence-electron chi connectivity index (χ2n) is 2.31. The molecule has 1 aromatic carbocycles. The van der Waals surface area contributed by atoms with Gasteiger partial charge in [0.05, 0.1) is 22.8 Å². The highest BCUT2D eigenvalue weighted by molar-refractivity contribution is 9.10. The zero-order chi connectivity index (χ0) is 8.55. The third-order valence-electron chi connectivity index (χ3n) is 1.58. The molecule has 0 fully saturated rings. The predicted octanol–water partition coefficient (Wildman–Crippen LogP) is 3.07. The van der Waals surface area contributed by atoms with Crippen LogP contribution in [0.1, 0.15) is 0 Å². The lowest BCUT2D eigenvalue weighted by Gasteiger charge is -2.00. The van der Waals surface area contributed by atoms with Gasteiger partial charge in [0.1, 0.15) is 5.75 Å². The van der Waals surface area contributed by atoms with Crippen molar-refractivity contribution in [2.24, 2.45) is 0 Å². The summed E-state index contributed by atoms with van der Waals surface area (Å²) < 4.78 is 7.30. The van der Waals surface area contributed by atoms with E-state index in [4.69, 9.17) is 4.74 Å². The first-order valence-electron chi connectivity index (χ1n) is 3.38. The molecule has 2 nitrogen and oxygen atoms in total. The number of hydrogen-bond donors (Lipinski definition) is 0. The third-order valence-corrected chi connectivity index (χ3v) is 2.90. The van der Waals surface area contributed by atoms with Gasteiger partial charge in [0.15, 0.2) is 0 Å². The molecule has 2 rings (SSSR count). The Hall–Kier alpha value is -0.610. The number of halogens is 1. The second-order valence-corrected chi connectivity index (χ2v) is 4.08. The highest BCUT2D eigenvalue weighted by atomic mass is 79.9. The molecule has 0 amide bonds. The summed E-state index contributed by atoms with van der Waals surface area (Å²) in [6.07, 6.45) is 0. The maximum Gasteiger partial charge on any atom is 0.139 e. The number of thiazole rings is 1. The Balaban J connectivity index is 2.80. The number of aromatic nitrogens is 1. The molecule has 0 atom stereocenters. The smallest absolute Gasteiger partial charge is 0.139 e. The molecule has 0 N–H and O–H groups in total. The van der Waals surface area contributed by atoms with Gasteiger partial charge in [-0.15, -0.1) is 11.3 Å². The van der Waals surface area contributed by atoms with E-state index in [0.29, 0.717) is 0 Å². The third kappa shape index (κ3) is 1.21. The number of nitrogens with zero attached hydrogens (tertiary/aromatic N) is 1. The number of benzene rings is 1. The molecule has 1 aromatic heterocycles. The minimum Gasteiger partial charge on any atom is -0.495 e. The lowest BCUT2D eigenvalue weighted by atomic mass is 10.3. The zero-order valence-electron chi connectivity index (χ0n) is 6.37. The maximum absolute atomic E-state index is 5.21. The Morgan fingerprint density at radius 3 is 3.08 bits per heavy atom. The quantitative estimate of drug-likeness (QED) is 0.769. The fourth-order valence-corrected chi connectivity index (χ4v) is 2.24. The van der Waals surface area contributed by atoms with Gasteiger partial charge in [-0.3, -0.25) is 0 Å². The maximum atomic E-state index is 5.21. The molecule has 0 spiro atoms. The molecule has 0 unspecified atom stereocenters. The van der Waals surface area contributed by atoms with E-state index in [1.54, 1.807) is 18.4 Å². The summed E-state index contributed by atoms with van der Waals surface area (Å²) in [7, 11) is 1.67. The monoisotopic (exact) mass is 243 g/mol. The van der Waals surface area contributed by atoms with Crippen LogP contribution < -0.4 is 4.74 Å². The minimum absolute atomic E-state index is 0.877. The average Bonchev–Trinajstić information content (AvgIpc) is 2.50. The molecule has 12 heavy (non-hydrogen) atoms. The van der Waals surface area contributed by atoms with Crippen LogP contribution in [-0.4, -0.2) is 12.1 Å². The van der Waals surface area contributed by atoms with E-state index < -0.39 is 0 Å². The standard InChI is InChI=1S/C8H6BrNOS/c1-11-7-3-5(9)2-6-8(7)12-4-10-6/h2-4H,1H3. The summed E-state index contributed by atoms with van der Waals surface area (Å²) in [5.41, 5.74) is 2.80. The molecule has 0 aliphatic heterocycles.